The Balaban J connectivity index is 0.000000463. The maximum atomic E-state index is 10.1. The summed E-state index contributed by atoms with van der Waals surface area (Å²) in [6, 6.07) is 0. The van der Waals surface area contributed by atoms with Crippen molar-refractivity contribution in [2.45, 2.75) is 79.1 Å². The molecule has 0 aliphatic carbocycles. The average molecular weight is 337 g/mol. The second kappa shape index (κ2) is 12.5. The van der Waals surface area contributed by atoms with Gasteiger partial charge < -0.3 is 10.2 Å². The van der Waals surface area contributed by atoms with Crippen LogP contribution >= 0.6 is 0 Å². The van der Waals surface area contributed by atoms with Gasteiger partial charge in [0, 0.05) is 24.7 Å². The van der Waals surface area contributed by atoms with Crippen LogP contribution < -0.4 is 0 Å². The van der Waals surface area contributed by atoms with E-state index in [0.29, 0.717) is 0 Å². The Morgan fingerprint density at radius 2 is 1.21 bits per heavy atom. The SMILES string of the molecule is Cc1cnc(C)c(C)c1C.O=C(O)CCCCCCCCC(=O)O. The monoisotopic (exact) mass is 337 g/mol. The first-order valence-corrected chi connectivity index (χ1v) is 8.58. The van der Waals surface area contributed by atoms with Crippen molar-refractivity contribution in [3.05, 3.63) is 28.6 Å². The van der Waals surface area contributed by atoms with Crippen molar-refractivity contribution in [3.8, 4) is 0 Å². The number of aliphatic carboxylic acids is 2. The van der Waals surface area contributed by atoms with Crippen molar-refractivity contribution in [1.29, 1.82) is 0 Å². The Morgan fingerprint density at radius 3 is 1.58 bits per heavy atom. The quantitative estimate of drug-likeness (QED) is 0.643. The number of rotatable bonds is 9. The molecule has 0 amide bonds. The number of aromatic nitrogens is 1. The number of hydrogen-bond donors (Lipinski definition) is 2. The Hall–Kier alpha value is -1.91. The zero-order valence-corrected chi connectivity index (χ0v) is 15.4. The second-order valence-electron chi connectivity index (χ2n) is 6.19. The van der Waals surface area contributed by atoms with Crippen molar-refractivity contribution in [2.75, 3.05) is 0 Å². The van der Waals surface area contributed by atoms with Crippen LogP contribution in [0.25, 0.3) is 0 Å². The van der Waals surface area contributed by atoms with Gasteiger partial charge in [0.2, 0.25) is 0 Å². The highest BCUT2D eigenvalue weighted by Gasteiger charge is 1.99. The zero-order chi connectivity index (χ0) is 18.5. The Morgan fingerprint density at radius 1 is 0.792 bits per heavy atom. The van der Waals surface area contributed by atoms with Crippen LogP contribution in [0.4, 0.5) is 0 Å². The van der Waals surface area contributed by atoms with Crippen molar-refractivity contribution in [3.63, 3.8) is 0 Å². The van der Waals surface area contributed by atoms with Gasteiger partial charge in [-0.05, 0) is 57.2 Å². The van der Waals surface area contributed by atoms with Crippen LogP contribution in [0.15, 0.2) is 6.20 Å². The first-order valence-electron chi connectivity index (χ1n) is 8.58. The summed E-state index contributed by atoms with van der Waals surface area (Å²) in [5.74, 6) is -1.48. The first kappa shape index (κ1) is 22.1. The van der Waals surface area contributed by atoms with Gasteiger partial charge in [0.05, 0.1) is 0 Å². The molecule has 1 aromatic rings. The third kappa shape index (κ3) is 10.8. The summed E-state index contributed by atoms with van der Waals surface area (Å²) in [6.07, 6.45) is 7.75. The number of unbranched alkanes of at least 4 members (excludes halogenated alkanes) is 5. The second-order valence-corrected chi connectivity index (χ2v) is 6.19. The highest BCUT2D eigenvalue weighted by atomic mass is 16.4. The molecule has 0 saturated carbocycles. The highest BCUT2D eigenvalue weighted by Crippen LogP contribution is 2.12. The highest BCUT2D eigenvalue weighted by molar-refractivity contribution is 5.66. The lowest BCUT2D eigenvalue weighted by atomic mass is 10.1. The lowest BCUT2D eigenvalue weighted by Crippen LogP contribution is -1.94. The normalized spacial score (nSPS) is 10.0. The maximum Gasteiger partial charge on any atom is 0.303 e. The van der Waals surface area contributed by atoms with E-state index >= 15 is 0 Å². The van der Waals surface area contributed by atoms with Gasteiger partial charge in [-0.2, -0.15) is 0 Å². The Kier molecular flexibility index (Phi) is 11.5. The van der Waals surface area contributed by atoms with Gasteiger partial charge in [0.15, 0.2) is 0 Å². The van der Waals surface area contributed by atoms with Crippen molar-refractivity contribution in [1.82, 2.24) is 4.98 Å². The molecule has 0 radical (unpaired) electrons. The standard InChI is InChI=1S/C10H18O4.C9H13N/c11-9(12)7-5-3-1-2-4-6-8-10(13)14;1-6-5-10-9(4)8(3)7(6)2/h1-8H2,(H,11,12)(H,13,14);5H,1-4H3. The van der Waals surface area contributed by atoms with E-state index in [1.54, 1.807) is 0 Å². The molecule has 0 aliphatic rings. The molecule has 0 fully saturated rings. The lowest BCUT2D eigenvalue weighted by Gasteiger charge is -2.05. The molecule has 0 saturated heterocycles. The Labute approximate surface area is 145 Å². The third-order valence-electron chi connectivity index (χ3n) is 4.18. The summed E-state index contributed by atoms with van der Waals surface area (Å²) in [5.41, 5.74) is 5.11. The molecule has 5 heteroatoms. The molecule has 1 rings (SSSR count). The van der Waals surface area contributed by atoms with E-state index in [0.717, 1.165) is 44.2 Å². The van der Waals surface area contributed by atoms with Gasteiger partial charge in [0.1, 0.15) is 0 Å². The minimum Gasteiger partial charge on any atom is -0.481 e. The van der Waals surface area contributed by atoms with Crippen LogP contribution in [0.2, 0.25) is 0 Å². The number of aryl methyl sites for hydroxylation is 2. The van der Waals surface area contributed by atoms with Crippen molar-refractivity contribution >= 4 is 11.9 Å². The summed E-state index contributed by atoms with van der Waals surface area (Å²) in [5, 5.41) is 16.7. The minimum atomic E-state index is -0.740. The van der Waals surface area contributed by atoms with Crippen LogP contribution in [-0.2, 0) is 9.59 Å². The largest absolute Gasteiger partial charge is 0.481 e. The minimum absolute atomic E-state index is 0.245. The number of carboxylic acids is 2. The molecule has 0 unspecified atom stereocenters. The number of carbonyl (C=O) groups is 2. The van der Waals surface area contributed by atoms with E-state index in [2.05, 4.69) is 25.8 Å². The van der Waals surface area contributed by atoms with E-state index < -0.39 is 11.9 Å². The van der Waals surface area contributed by atoms with E-state index in [1.807, 2.05) is 13.1 Å². The number of pyridine rings is 1. The molecule has 0 aliphatic heterocycles. The summed E-state index contributed by atoms with van der Waals surface area (Å²) in [6.45, 7) is 8.39. The molecule has 2 N–H and O–H groups in total. The van der Waals surface area contributed by atoms with E-state index in [4.69, 9.17) is 10.2 Å². The fraction of sp³-hybridized carbons (Fsp3) is 0.632. The number of nitrogens with zero attached hydrogens (tertiary/aromatic N) is 1. The van der Waals surface area contributed by atoms with Crippen LogP contribution in [0.1, 0.15) is 73.8 Å². The maximum absolute atomic E-state index is 10.1. The van der Waals surface area contributed by atoms with Gasteiger partial charge >= 0.3 is 11.9 Å². The molecule has 1 aromatic heterocycles. The van der Waals surface area contributed by atoms with E-state index in [9.17, 15) is 9.59 Å². The summed E-state index contributed by atoms with van der Waals surface area (Å²) in [4.78, 5) is 24.5. The Bertz CT molecular complexity index is 479. The van der Waals surface area contributed by atoms with Crippen LogP contribution in [0, 0.1) is 27.7 Å². The predicted octanol–water partition coefficient (Wildman–Crippen LogP) is 4.59. The van der Waals surface area contributed by atoms with Crippen molar-refractivity contribution < 1.29 is 19.8 Å². The smallest absolute Gasteiger partial charge is 0.303 e. The molecule has 1 heterocycles. The van der Waals surface area contributed by atoms with Gasteiger partial charge in [-0.3, -0.25) is 14.6 Å². The number of hydrogen-bond acceptors (Lipinski definition) is 3. The fourth-order valence-electron chi connectivity index (χ4n) is 2.21. The van der Waals surface area contributed by atoms with E-state index in [-0.39, 0.29) is 12.8 Å². The molecule has 24 heavy (non-hydrogen) atoms. The molecule has 136 valence electrons. The topological polar surface area (TPSA) is 87.5 Å². The summed E-state index contributed by atoms with van der Waals surface area (Å²) < 4.78 is 0. The van der Waals surface area contributed by atoms with Gasteiger partial charge in [-0.1, -0.05) is 25.7 Å². The predicted molar refractivity (Wildman–Crippen MR) is 95.4 cm³/mol. The zero-order valence-electron chi connectivity index (χ0n) is 15.4. The molecular formula is C19H31NO4. The first-order chi connectivity index (χ1) is 11.3. The fourth-order valence-corrected chi connectivity index (χ4v) is 2.21. The molecule has 5 nitrogen and oxygen atoms in total. The average Bonchev–Trinajstić information content (AvgIpc) is 2.52. The van der Waals surface area contributed by atoms with Crippen LogP contribution in [0.5, 0.6) is 0 Å². The van der Waals surface area contributed by atoms with Gasteiger partial charge in [0.25, 0.3) is 0 Å². The van der Waals surface area contributed by atoms with Gasteiger partial charge in [-0.15, -0.1) is 0 Å². The van der Waals surface area contributed by atoms with Gasteiger partial charge in [-0.25, -0.2) is 0 Å². The summed E-state index contributed by atoms with van der Waals surface area (Å²) in [7, 11) is 0. The molecular weight excluding hydrogens is 306 g/mol. The molecule has 0 spiro atoms. The van der Waals surface area contributed by atoms with Crippen molar-refractivity contribution in [2.24, 2.45) is 0 Å². The molecule has 0 aromatic carbocycles. The lowest BCUT2D eigenvalue weighted by molar-refractivity contribution is -0.138. The number of carboxylic acid groups (broad SMARTS) is 2. The van der Waals surface area contributed by atoms with Crippen LogP contribution in [-0.4, -0.2) is 27.1 Å². The molecule has 0 bridgehead atoms. The third-order valence-corrected chi connectivity index (χ3v) is 4.18. The van der Waals surface area contributed by atoms with Crippen LogP contribution in [0.3, 0.4) is 0 Å². The summed E-state index contributed by atoms with van der Waals surface area (Å²) >= 11 is 0. The van der Waals surface area contributed by atoms with E-state index in [1.165, 1.54) is 16.7 Å². The molecule has 0 atom stereocenters.